The summed E-state index contributed by atoms with van der Waals surface area (Å²) in [6, 6.07) is 0. The van der Waals surface area contributed by atoms with E-state index < -0.39 is 17.2 Å². The molecule has 2 heterocycles. The van der Waals surface area contributed by atoms with Crippen LogP contribution in [0.1, 0.15) is 45.0 Å². The molecule has 1 saturated heterocycles. The molecule has 1 aromatic rings. The Bertz CT molecular complexity index is 543. The highest BCUT2D eigenvalue weighted by Gasteiger charge is 2.51. The molecule has 5 nitrogen and oxygen atoms in total. The van der Waals surface area contributed by atoms with Crippen LogP contribution in [0.3, 0.4) is 0 Å². The number of amides is 1. The van der Waals surface area contributed by atoms with Gasteiger partial charge in [-0.3, -0.25) is 0 Å². The van der Waals surface area contributed by atoms with Crippen LogP contribution < -0.4 is 0 Å². The molecule has 0 saturated carbocycles. The Hall–Kier alpha value is -0.500. The number of hydrogen-bond acceptors (Lipinski definition) is 4. The van der Waals surface area contributed by atoms with Crippen molar-refractivity contribution >= 4 is 33.4 Å². The van der Waals surface area contributed by atoms with Crippen LogP contribution in [0.15, 0.2) is 9.98 Å². The number of halogens is 1. The lowest BCUT2D eigenvalue weighted by Gasteiger charge is -2.43. The molecular formula is C14H22BrN2O3S+. The molecule has 0 bridgehead atoms. The summed E-state index contributed by atoms with van der Waals surface area (Å²) in [6.07, 6.45) is 2.50. The zero-order chi connectivity index (χ0) is 15.9. The highest BCUT2D eigenvalue weighted by atomic mass is 79.9. The van der Waals surface area contributed by atoms with Crippen LogP contribution in [0.2, 0.25) is 0 Å². The standard InChI is InChI=1S/C14H21BrN2O3S/c1-13(2,3)17(12(18)19)7-4-5-14(20,6-8-17)11-16-9-10(15)21-11/h9,20H,4-8H2,1-3H3/p+1/t14-,17?/m1/s1. The van der Waals surface area contributed by atoms with Crippen molar-refractivity contribution in [2.24, 2.45) is 0 Å². The van der Waals surface area contributed by atoms with E-state index in [0.29, 0.717) is 37.4 Å². The third-order valence-corrected chi connectivity index (χ3v) is 6.23. The first kappa shape index (κ1) is 16.9. The van der Waals surface area contributed by atoms with Gasteiger partial charge in [0.25, 0.3) is 0 Å². The zero-order valence-corrected chi connectivity index (χ0v) is 15.0. The van der Waals surface area contributed by atoms with Crippen LogP contribution in [-0.4, -0.2) is 44.4 Å². The van der Waals surface area contributed by atoms with Gasteiger partial charge in [0.1, 0.15) is 16.1 Å². The summed E-state index contributed by atoms with van der Waals surface area (Å²) in [6.45, 7) is 6.79. The quantitative estimate of drug-likeness (QED) is 0.733. The topological polar surface area (TPSA) is 70.4 Å². The first-order valence-electron chi connectivity index (χ1n) is 7.06. The van der Waals surface area contributed by atoms with Crippen molar-refractivity contribution in [1.82, 2.24) is 4.98 Å². The first-order chi connectivity index (χ1) is 9.61. The van der Waals surface area contributed by atoms with Gasteiger partial charge in [0.2, 0.25) is 0 Å². The maximum absolute atomic E-state index is 11.9. The molecule has 1 aliphatic heterocycles. The summed E-state index contributed by atoms with van der Waals surface area (Å²) in [5, 5.41) is 21.4. The molecule has 118 valence electrons. The van der Waals surface area contributed by atoms with Crippen molar-refractivity contribution in [3.05, 3.63) is 15.0 Å². The van der Waals surface area contributed by atoms with Gasteiger partial charge in [-0.2, -0.15) is 4.79 Å². The van der Waals surface area contributed by atoms with Crippen molar-refractivity contribution in [1.29, 1.82) is 0 Å². The van der Waals surface area contributed by atoms with Gasteiger partial charge in [-0.15, -0.1) is 11.3 Å². The molecular weight excluding hydrogens is 356 g/mol. The van der Waals surface area contributed by atoms with Crippen LogP contribution in [0, 0.1) is 0 Å². The summed E-state index contributed by atoms with van der Waals surface area (Å²) in [4.78, 5) is 16.2. The predicted molar refractivity (Wildman–Crippen MR) is 85.3 cm³/mol. The van der Waals surface area contributed by atoms with Crippen LogP contribution >= 0.6 is 27.3 Å². The van der Waals surface area contributed by atoms with Crippen molar-refractivity contribution < 1.29 is 19.5 Å². The maximum atomic E-state index is 11.9. The number of rotatable bonds is 1. The number of quaternary nitrogens is 1. The summed E-state index contributed by atoms with van der Waals surface area (Å²) in [5.41, 5.74) is -1.42. The summed E-state index contributed by atoms with van der Waals surface area (Å²) >= 11 is 4.79. The van der Waals surface area contributed by atoms with E-state index in [9.17, 15) is 15.0 Å². The average molecular weight is 378 g/mol. The summed E-state index contributed by atoms with van der Waals surface area (Å²) < 4.78 is 0.868. The molecule has 1 fully saturated rings. The molecule has 0 aromatic carbocycles. The lowest BCUT2D eigenvalue weighted by atomic mass is 9.95. The smallest absolute Gasteiger partial charge is 0.435 e. The van der Waals surface area contributed by atoms with E-state index in [-0.39, 0.29) is 4.48 Å². The largest absolute Gasteiger partial charge is 0.513 e. The lowest BCUT2D eigenvalue weighted by molar-refractivity contribution is -0.903. The maximum Gasteiger partial charge on any atom is 0.513 e. The Balaban J connectivity index is 2.31. The van der Waals surface area contributed by atoms with Crippen LogP contribution in [0.5, 0.6) is 0 Å². The van der Waals surface area contributed by atoms with E-state index in [1.54, 1.807) is 6.20 Å². The fourth-order valence-corrected chi connectivity index (χ4v) is 4.44. The van der Waals surface area contributed by atoms with Gasteiger partial charge in [-0.1, -0.05) is 0 Å². The van der Waals surface area contributed by atoms with Crippen molar-refractivity contribution in [2.75, 3.05) is 13.1 Å². The lowest BCUT2D eigenvalue weighted by Crippen LogP contribution is -2.63. The zero-order valence-electron chi connectivity index (χ0n) is 12.6. The van der Waals surface area contributed by atoms with E-state index in [1.165, 1.54) is 11.3 Å². The van der Waals surface area contributed by atoms with Gasteiger partial charge in [0.15, 0.2) is 0 Å². The molecule has 1 aliphatic rings. The second-order valence-corrected chi connectivity index (χ2v) is 9.13. The fraction of sp³-hybridized carbons (Fsp3) is 0.714. The second-order valence-electron chi connectivity index (χ2n) is 6.72. The number of thiazole rings is 1. The normalized spacial score (nSPS) is 30.9. The van der Waals surface area contributed by atoms with Gasteiger partial charge >= 0.3 is 6.09 Å². The van der Waals surface area contributed by atoms with Crippen LogP contribution in [0.4, 0.5) is 4.79 Å². The number of hydrogen-bond donors (Lipinski definition) is 2. The van der Waals surface area contributed by atoms with Crippen molar-refractivity contribution in [3.8, 4) is 0 Å². The molecule has 0 aliphatic carbocycles. The Morgan fingerprint density at radius 1 is 1.43 bits per heavy atom. The summed E-state index contributed by atoms with van der Waals surface area (Å²) in [7, 11) is 0. The van der Waals surface area contributed by atoms with Crippen LogP contribution in [-0.2, 0) is 5.60 Å². The Morgan fingerprint density at radius 3 is 2.57 bits per heavy atom. The Morgan fingerprint density at radius 2 is 2.10 bits per heavy atom. The van der Waals surface area contributed by atoms with E-state index in [0.717, 1.165) is 3.79 Å². The molecule has 21 heavy (non-hydrogen) atoms. The Labute approximate surface area is 137 Å². The average Bonchev–Trinajstić information content (AvgIpc) is 2.69. The van der Waals surface area contributed by atoms with Crippen LogP contribution in [0.25, 0.3) is 0 Å². The van der Waals surface area contributed by atoms with E-state index in [2.05, 4.69) is 20.9 Å². The minimum atomic E-state index is -1.02. The molecule has 1 aromatic heterocycles. The molecule has 2 atom stereocenters. The van der Waals surface area contributed by atoms with Gasteiger partial charge in [0, 0.05) is 12.8 Å². The number of carbonyl (C=O) groups is 1. The Kier molecular flexibility index (Phi) is 4.50. The van der Waals surface area contributed by atoms with Gasteiger partial charge in [-0.25, -0.2) is 9.47 Å². The first-order valence-corrected chi connectivity index (χ1v) is 8.67. The third-order valence-electron chi connectivity index (χ3n) is 4.56. The highest BCUT2D eigenvalue weighted by molar-refractivity contribution is 9.11. The van der Waals surface area contributed by atoms with Gasteiger partial charge < -0.3 is 10.2 Å². The molecule has 2 rings (SSSR count). The number of aliphatic hydroxyl groups is 1. The molecule has 1 amide bonds. The molecule has 1 unspecified atom stereocenters. The minimum Gasteiger partial charge on any atom is -0.435 e. The van der Waals surface area contributed by atoms with Crippen molar-refractivity contribution in [3.63, 3.8) is 0 Å². The number of likely N-dealkylation sites (tertiary alicyclic amines) is 1. The number of nitrogens with zero attached hydrogens (tertiary/aromatic N) is 2. The minimum absolute atomic E-state index is 0.0120. The third kappa shape index (κ3) is 3.02. The summed E-state index contributed by atoms with van der Waals surface area (Å²) in [5.74, 6) is 0. The molecule has 2 N–H and O–H groups in total. The monoisotopic (exact) mass is 377 g/mol. The van der Waals surface area contributed by atoms with Gasteiger partial charge in [-0.05, 0) is 43.1 Å². The predicted octanol–water partition coefficient (Wildman–Crippen LogP) is 3.57. The molecule has 0 spiro atoms. The SMILES string of the molecule is CC(C)(C)[N+]1(C(=O)O)CCC[C@](O)(c2ncc(Br)s2)CC1. The second kappa shape index (κ2) is 5.61. The van der Waals surface area contributed by atoms with E-state index in [1.807, 2.05) is 20.8 Å². The van der Waals surface area contributed by atoms with Crippen molar-refractivity contribution in [2.45, 2.75) is 51.2 Å². The highest BCUT2D eigenvalue weighted by Crippen LogP contribution is 2.40. The molecule has 0 radical (unpaired) electrons. The van der Waals surface area contributed by atoms with E-state index >= 15 is 0 Å². The molecule has 7 heteroatoms. The van der Waals surface area contributed by atoms with E-state index in [4.69, 9.17) is 0 Å². The number of carboxylic acid groups (broad SMARTS) is 1. The van der Waals surface area contributed by atoms with Gasteiger partial charge in [0.05, 0.1) is 23.1 Å². The number of aromatic nitrogens is 1. The fourth-order valence-electron chi connectivity index (χ4n) is 3.09.